The van der Waals surface area contributed by atoms with Gasteiger partial charge in [0.15, 0.2) is 0 Å². The van der Waals surface area contributed by atoms with Gasteiger partial charge in [-0.1, -0.05) is 19.1 Å². The maximum atomic E-state index is 14.1. The standard InChI is InChI=1S/C32H46F3N3O4/c1-22-18-38(23(2)21-39)31(40)28-17-27(36(4)5)14-15-29(28)42-24(3)9-7-8-16-41-30(22)20-37(6)19-25-10-12-26(13-11-25)32(33,34)35/h10-15,17,22-24,30,39H,7-9,16,18-21H2,1-6H3/t22-,23+,24-,30-/m0/s1. The number of halogens is 3. The van der Waals surface area contributed by atoms with E-state index in [1.54, 1.807) is 4.90 Å². The predicted octanol–water partition coefficient (Wildman–Crippen LogP) is 5.70. The molecule has 0 aliphatic carbocycles. The summed E-state index contributed by atoms with van der Waals surface area (Å²) >= 11 is 0. The van der Waals surface area contributed by atoms with E-state index in [-0.39, 0.29) is 30.6 Å². The largest absolute Gasteiger partial charge is 0.490 e. The second-order valence-corrected chi connectivity index (χ2v) is 11.8. The van der Waals surface area contributed by atoms with Gasteiger partial charge in [0, 0.05) is 51.9 Å². The molecule has 0 radical (unpaired) electrons. The molecule has 0 bridgehead atoms. The van der Waals surface area contributed by atoms with E-state index in [4.69, 9.17) is 9.47 Å². The number of amides is 1. The van der Waals surface area contributed by atoms with Crippen molar-refractivity contribution in [1.29, 1.82) is 0 Å². The highest BCUT2D eigenvalue weighted by atomic mass is 19.4. The number of rotatable bonds is 7. The molecule has 1 amide bonds. The molecule has 0 saturated heterocycles. The fraction of sp³-hybridized carbons (Fsp3) is 0.594. The van der Waals surface area contributed by atoms with Gasteiger partial charge in [-0.2, -0.15) is 13.2 Å². The van der Waals surface area contributed by atoms with Crippen LogP contribution in [0.15, 0.2) is 42.5 Å². The van der Waals surface area contributed by atoms with Crippen LogP contribution in [0.3, 0.4) is 0 Å². The lowest BCUT2D eigenvalue weighted by molar-refractivity contribution is -0.137. The topological polar surface area (TPSA) is 65.5 Å². The molecule has 7 nitrogen and oxygen atoms in total. The van der Waals surface area contributed by atoms with E-state index >= 15 is 0 Å². The van der Waals surface area contributed by atoms with E-state index in [0.717, 1.165) is 42.6 Å². The van der Waals surface area contributed by atoms with Crippen molar-refractivity contribution in [3.05, 3.63) is 59.2 Å². The smallest absolute Gasteiger partial charge is 0.416 e. The molecule has 2 aromatic rings. The molecular formula is C32H46F3N3O4. The molecular weight excluding hydrogens is 547 g/mol. The SMILES string of the molecule is C[C@H](CO)N1C[C@H](C)[C@H](CN(C)Cc2ccc(C(F)(F)F)cc2)OCCCC[C@H](C)Oc2ccc(N(C)C)cc2C1=O. The zero-order chi connectivity index (χ0) is 31.0. The number of fused-ring (bicyclic) bond motifs is 1. The summed E-state index contributed by atoms with van der Waals surface area (Å²) in [6, 6.07) is 10.4. The van der Waals surface area contributed by atoms with Gasteiger partial charge in [0.1, 0.15) is 5.75 Å². The lowest BCUT2D eigenvalue weighted by Gasteiger charge is -2.36. The Morgan fingerprint density at radius 3 is 2.38 bits per heavy atom. The minimum absolute atomic E-state index is 0.0960. The number of hydrogen-bond acceptors (Lipinski definition) is 6. The molecule has 0 saturated carbocycles. The molecule has 1 heterocycles. The molecule has 3 rings (SSSR count). The Morgan fingerprint density at radius 1 is 1.07 bits per heavy atom. The van der Waals surface area contributed by atoms with Gasteiger partial charge in [0.05, 0.1) is 36.0 Å². The summed E-state index contributed by atoms with van der Waals surface area (Å²) in [5.41, 5.74) is 1.43. The Labute approximate surface area is 248 Å². The van der Waals surface area contributed by atoms with Crippen LogP contribution in [0.25, 0.3) is 0 Å². The summed E-state index contributed by atoms with van der Waals surface area (Å²) in [5, 5.41) is 10.1. The number of carbonyl (C=O) groups is 1. The van der Waals surface area contributed by atoms with Crippen molar-refractivity contribution in [2.24, 2.45) is 5.92 Å². The van der Waals surface area contributed by atoms with Crippen molar-refractivity contribution in [3.63, 3.8) is 0 Å². The summed E-state index contributed by atoms with van der Waals surface area (Å²) in [6.07, 6.45) is -2.16. The number of nitrogens with zero attached hydrogens (tertiary/aromatic N) is 3. The molecule has 234 valence electrons. The van der Waals surface area contributed by atoms with Crippen LogP contribution in [-0.2, 0) is 17.5 Å². The number of likely N-dealkylation sites (N-methyl/N-ethyl adjacent to an activating group) is 1. The second kappa shape index (κ2) is 15.1. The lowest BCUT2D eigenvalue weighted by Crippen LogP contribution is -2.47. The van der Waals surface area contributed by atoms with Crippen LogP contribution in [-0.4, -0.2) is 86.5 Å². The normalized spacial score (nSPS) is 21.8. The fourth-order valence-corrected chi connectivity index (χ4v) is 5.13. The van der Waals surface area contributed by atoms with Crippen molar-refractivity contribution in [2.45, 2.75) is 71.0 Å². The van der Waals surface area contributed by atoms with Crippen LogP contribution in [0.4, 0.5) is 18.9 Å². The highest BCUT2D eigenvalue weighted by Gasteiger charge is 2.31. The average Bonchev–Trinajstić information content (AvgIpc) is 2.93. The zero-order valence-corrected chi connectivity index (χ0v) is 25.7. The molecule has 0 aromatic heterocycles. The molecule has 0 unspecified atom stereocenters. The quantitative estimate of drug-likeness (QED) is 0.445. The molecule has 1 N–H and O–H groups in total. The fourth-order valence-electron chi connectivity index (χ4n) is 5.13. The van der Waals surface area contributed by atoms with E-state index < -0.39 is 17.8 Å². The third kappa shape index (κ3) is 9.34. The van der Waals surface area contributed by atoms with Crippen LogP contribution in [0, 0.1) is 5.92 Å². The molecule has 4 atom stereocenters. The molecule has 0 spiro atoms. The zero-order valence-electron chi connectivity index (χ0n) is 25.7. The third-order valence-corrected chi connectivity index (χ3v) is 7.78. The first-order valence-electron chi connectivity index (χ1n) is 14.7. The summed E-state index contributed by atoms with van der Waals surface area (Å²) < 4.78 is 51.6. The van der Waals surface area contributed by atoms with E-state index in [2.05, 4.69) is 0 Å². The lowest BCUT2D eigenvalue weighted by atomic mass is 10.0. The van der Waals surface area contributed by atoms with Crippen molar-refractivity contribution >= 4 is 11.6 Å². The van der Waals surface area contributed by atoms with Crippen molar-refractivity contribution in [3.8, 4) is 5.75 Å². The van der Waals surface area contributed by atoms with Gasteiger partial charge in [-0.3, -0.25) is 9.69 Å². The van der Waals surface area contributed by atoms with Crippen molar-refractivity contribution in [2.75, 3.05) is 52.3 Å². The number of hydrogen-bond donors (Lipinski definition) is 1. The maximum Gasteiger partial charge on any atom is 0.416 e. The van der Waals surface area contributed by atoms with Crippen LogP contribution in [0.2, 0.25) is 0 Å². The van der Waals surface area contributed by atoms with Crippen LogP contribution < -0.4 is 9.64 Å². The first-order valence-corrected chi connectivity index (χ1v) is 14.7. The molecule has 1 aliphatic rings. The summed E-state index contributed by atoms with van der Waals surface area (Å²) in [6.45, 7) is 7.52. The molecule has 10 heteroatoms. The minimum atomic E-state index is -4.37. The Bertz CT molecular complexity index is 1140. The Hall–Kier alpha value is -2.82. The van der Waals surface area contributed by atoms with Crippen molar-refractivity contribution < 1.29 is 32.5 Å². The first kappa shape index (κ1) is 33.7. The highest BCUT2D eigenvalue weighted by molar-refractivity contribution is 5.98. The van der Waals surface area contributed by atoms with E-state index in [9.17, 15) is 23.1 Å². The third-order valence-electron chi connectivity index (χ3n) is 7.78. The number of aliphatic hydroxyl groups excluding tert-OH is 1. The van der Waals surface area contributed by atoms with E-state index in [1.165, 1.54) is 12.1 Å². The average molecular weight is 594 g/mol. The Morgan fingerprint density at radius 2 is 1.76 bits per heavy atom. The monoisotopic (exact) mass is 593 g/mol. The Kier molecular flexibility index (Phi) is 12.1. The Balaban J connectivity index is 1.86. The second-order valence-electron chi connectivity index (χ2n) is 11.8. The summed E-state index contributed by atoms with van der Waals surface area (Å²) in [4.78, 5) is 19.7. The van der Waals surface area contributed by atoms with Gasteiger partial charge >= 0.3 is 6.18 Å². The molecule has 42 heavy (non-hydrogen) atoms. The highest BCUT2D eigenvalue weighted by Crippen LogP contribution is 2.30. The van der Waals surface area contributed by atoms with E-state index in [1.807, 2.05) is 69.9 Å². The summed E-state index contributed by atoms with van der Waals surface area (Å²) in [7, 11) is 5.74. The van der Waals surface area contributed by atoms with Gasteiger partial charge in [0.2, 0.25) is 0 Å². The first-order chi connectivity index (χ1) is 19.8. The van der Waals surface area contributed by atoms with Crippen LogP contribution in [0.5, 0.6) is 5.75 Å². The van der Waals surface area contributed by atoms with Crippen LogP contribution >= 0.6 is 0 Å². The molecule has 2 aromatic carbocycles. The van der Waals surface area contributed by atoms with E-state index in [0.29, 0.717) is 37.6 Å². The number of anilines is 1. The molecule has 1 aliphatic heterocycles. The van der Waals surface area contributed by atoms with Gasteiger partial charge < -0.3 is 24.4 Å². The van der Waals surface area contributed by atoms with Gasteiger partial charge in [0.25, 0.3) is 5.91 Å². The number of ether oxygens (including phenoxy) is 2. The number of carbonyl (C=O) groups excluding carboxylic acids is 1. The van der Waals surface area contributed by atoms with Crippen molar-refractivity contribution in [1.82, 2.24) is 9.80 Å². The summed E-state index contributed by atoms with van der Waals surface area (Å²) in [5.74, 6) is 0.214. The maximum absolute atomic E-state index is 14.1. The predicted molar refractivity (Wildman–Crippen MR) is 159 cm³/mol. The van der Waals surface area contributed by atoms with Gasteiger partial charge in [-0.05, 0) is 76.1 Å². The molecule has 0 fully saturated rings. The minimum Gasteiger partial charge on any atom is -0.490 e. The van der Waals surface area contributed by atoms with Gasteiger partial charge in [-0.15, -0.1) is 0 Å². The van der Waals surface area contributed by atoms with Gasteiger partial charge in [-0.25, -0.2) is 0 Å². The number of benzene rings is 2. The number of aliphatic hydroxyl groups is 1. The van der Waals surface area contributed by atoms with Crippen LogP contribution in [0.1, 0.15) is 61.5 Å². The number of alkyl halides is 3.